The van der Waals surface area contributed by atoms with E-state index in [-0.39, 0.29) is 17.2 Å². The molecule has 1 spiro atoms. The number of rotatable bonds is 4. The number of nitrogens with one attached hydrogen (secondary N) is 2. The molecule has 1 saturated heterocycles. The number of anilines is 1. The first-order valence-corrected chi connectivity index (χ1v) is 7.48. The maximum absolute atomic E-state index is 12.3. The number of carbonyl (C=O) groups is 1. The zero-order valence-electron chi connectivity index (χ0n) is 11.9. The summed E-state index contributed by atoms with van der Waals surface area (Å²) < 4.78 is 5.45. The third-order valence-corrected chi connectivity index (χ3v) is 4.52. The lowest BCUT2D eigenvalue weighted by Gasteiger charge is -2.23. The van der Waals surface area contributed by atoms with E-state index in [0.717, 1.165) is 43.8 Å². The van der Waals surface area contributed by atoms with Gasteiger partial charge in [-0.15, -0.1) is 0 Å². The Morgan fingerprint density at radius 3 is 3.00 bits per heavy atom. The predicted octanol–water partition coefficient (Wildman–Crippen LogP) is 2.41. The van der Waals surface area contributed by atoms with Gasteiger partial charge in [0.25, 0.3) is 0 Å². The molecule has 1 aromatic rings. The number of amides is 1. The summed E-state index contributed by atoms with van der Waals surface area (Å²) in [6.07, 6.45) is 3.31. The number of carbonyl (C=O) groups excluding carboxylic acids is 1. The number of hydrogen-bond donors (Lipinski definition) is 2. The molecule has 1 aromatic carbocycles. The van der Waals surface area contributed by atoms with Crippen LogP contribution in [0.4, 0.5) is 5.69 Å². The lowest BCUT2D eigenvalue weighted by molar-refractivity contribution is -0.118. The Labute approximate surface area is 119 Å². The van der Waals surface area contributed by atoms with Gasteiger partial charge in [-0.05, 0) is 56.8 Å². The van der Waals surface area contributed by atoms with Gasteiger partial charge in [0.2, 0.25) is 5.91 Å². The van der Waals surface area contributed by atoms with Crippen molar-refractivity contribution in [3.8, 4) is 5.75 Å². The zero-order chi connectivity index (χ0) is 14.0. The number of hydrogen-bond acceptors (Lipinski definition) is 3. The minimum absolute atomic E-state index is 0.167. The minimum atomic E-state index is 0.167. The van der Waals surface area contributed by atoms with E-state index in [9.17, 15) is 4.79 Å². The minimum Gasteiger partial charge on any atom is -0.494 e. The Kier molecular flexibility index (Phi) is 3.66. The largest absolute Gasteiger partial charge is 0.494 e. The van der Waals surface area contributed by atoms with Crippen molar-refractivity contribution < 1.29 is 9.53 Å². The summed E-state index contributed by atoms with van der Waals surface area (Å²) in [5.74, 6) is 1.17. The lowest BCUT2D eigenvalue weighted by atomic mass is 9.92. The quantitative estimate of drug-likeness (QED) is 0.886. The van der Waals surface area contributed by atoms with Gasteiger partial charge in [0.05, 0.1) is 6.61 Å². The van der Waals surface area contributed by atoms with Crippen LogP contribution in [-0.2, 0) is 4.79 Å². The standard InChI is InChI=1S/C16H22N2O2/c1-2-20-13-5-3-4-12(10-13)18-15(19)14-11-16(14)6-8-17-9-7-16/h3-5,10,14,17H,2,6-9,11H2,1H3,(H,18,19). The highest BCUT2D eigenvalue weighted by Gasteiger charge is 2.57. The van der Waals surface area contributed by atoms with Gasteiger partial charge < -0.3 is 15.4 Å². The van der Waals surface area contributed by atoms with Crippen molar-refractivity contribution in [3.63, 3.8) is 0 Å². The smallest absolute Gasteiger partial charge is 0.228 e. The van der Waals surface area contributed by atoms with Crippen LogP contribution < -0.4 is 15.4 Å². The molecule has 1 aliphatic carbocycles. The van der Waals surface area contributed by atoms with Crippen LogP contribution >= 0.6 is 0 Å². The molecule has 2 aliphatic rings. The molecular weight excluding hydrogens is 252 g/mol. The topological polar surface area (TPSA) is 50.4 Å². The molecule has 1 aliphatic heterocycles. The van der Waals surface area contributed by atoms with Crippen LogP contribution in [0.3, 0.4) is 0 Å². The van der Waals surface area contributed by atoms with Gasteiger partial charge in [-0.3, -0.25) is 4.79 Å². The van der Waals surface area contributed by atoms with E-state index < -0.39 is 0 Å². The van der Waals surface area contributed by atoms with E-state index in [4.69, 9.17) is 4.74 Å². The molecule has 1 unspecified atom stereocenters. The highest BCUT2D eigenvalue weighted by atomic mass is 16.5. The average Bonchev–Trinajstić information content (AvgIpc) is 3.14. The number of benzene rings is 1. The second-order valence-electron chi connectivity index (χ2n) is 5.82. The normalized spacial score (nSPS) is 23.4. The van der Waals surface area contributed by atoms with Crippen molar-refractivity contribution in [3.05, 3.63) is 24.3 Å². The number of piperidine rings is 1. The predicted molar refractivity (Wildman–Crippen MR) is 78.9 cm³/mol. The summed E-state index contributed by atoms with van der Waals surface area (Å²) in [4.78, 5) is 12.3. The summed E-state index contributed by atoms with van der Waals surface area (Å²) in [7, 11) is 0. The number of ether oxygens (including phenoxy) is 1. The first kappa shape index (κ1) is 13.4. The summed E-state index contributed by atoms with van der Waals surface area (Å²) in [5.41, 5.74) is 1.12. The average molecular weight is 274 g/mol. The van der Waals surface area contributed by atoms with Gasteiger partial charge in [-0.25, -0.2) is 0 Å². The highest BCUT2D eigenvalue weighted by molar-refractivity contribution is 5.95. The van der Waals surface area contributed by atoms with Crippen LogP contribution in [0, 0.1) is 11.3 Å². The summed E-state index contributed by atoms with van der Waals surface area (Å²) >= 11 is 0. The van der Waals surface area contributed by atoms with Gasteiger partial charge in [0, 0.05) is 17.7 Å². The van der Waals surface area contributed by atoms with Gasteiger partial charge in [-0.1, -0.05) is 6.07 Å². The maximum atomic E-state index is 12.3. The Morgan fingerprint density at radius 2 is 2.25 bits per heavy atom. The Hall–Kier alpha value is -1.55. The Bertz CT molecular complexity index is 495. The highest BCUT2D eigenvalue weighted by Crippen LogP contribution is 2.58. The Morgan fingerprint density at radius 1 is 1.45 bits per heavy atom. The fraction of sp³-hybridized carbons (Fsp3) is 0.562. The summed E-state index contributed by atoms with van der Waals surface area (Å²) in [5, 5.41) is 6.40. The molecule has 1 atom stereocenters. The molecule has 1 saturated carbocycles. The molecule has 1 amide bonds. The molecule has 20 heavy (non-hydrogen) atoms. The molecule has 2 fully saturated rings. The molecule has 1 heterocycles. The van der Waals surface area contributed by atoms with Crippen molar-refractivity contribution in [2.24, 2.45) is 11.3 Å². The maximum Gasteiger partial charge on any atom is 0.228 e. The first-order chi connectivity index (χ1) is 9.73. The van der Waals surface area contributed by atoms with Crippen molar-refractivity contribution in [2.45, 2.75) is 26.2 Å². The summed E-state index contributed by atoms with van der Waals surface area (Å²) in [6, 6.07) is 7.62. The van der Waals surface area contributed by atoms with Gasteiger partial charge in [0.15, 0.2) is 0 Å². The molecule has 3 rings (SSSR count). The van der Waals surface area contributed by atoms with E-state index in [0.29, 0.717) is 6.61 Å². The Balaban J connectivity index is 1.61. The fourth-order valence-electron chi connectivity index (χ4n) is 3.26. The monoisotopic (exact) mass is 274 g/mol. The van der Waals surface area contributed by atoms with E-state index >= 15 is 0 Å². The van der Waals surface area contributed by atoms with Crippen LogP contribution in [-0.4, -0.2) is 25.6 Å². The molecule has 4 heteroatoms. The molecular formula is C16H22N2O2. The molecule has 108 valence electrons. The second-order valence-corrected chi connectivity index (χ2v) is 5.82. The fourth-order valence-corrected chi connectivity index (χ4v) is 3.26. The molecule has 0 bridgehead atoms. The van der Waals surface area contributed by atoms with Crippen LogP contribution in [0.1, 0.15) is 26.2 Å². The zero-order valence-corrected chi connectivity index (χ0v) is 11.9. The van der Waals surface area contributed by atoms with E-state index in [2.05, 4.69) is 10.6 Å². The molecule has 2 N–H and O–H groups in total. The first-order valence-electron chi connectivity index (χ1n) is 7.48. The van der Waals surface area contributed by atoms with E-state index in [1.807, 2.05) is 31.2 Å². The van der Waals surface area contributed by atoms with Gasteiger partial charge >= 0.3 is 0 Å². The molecule has 4 nitrogen and oxygen atoms in total. The van der Waals surface area contributed by atoms with Crippen molar-refractivity contribution in [1.29, 1.82) is 0 Å². The van der Waals surface area contributed by atoms with Crippen molar-refractivity contribution in [1.82, 2.24) is 5.32 Å². The van der Waals surface area contributed by atoms with Crippen LogP contribution in [0.5, 0.6) is 5.75 Å². The second kappa shape index (κ2) is 5.44. The molecule has 0 radical (unpaired) electrons. The van der Waals surface area contributed by atoms with Crippen molar-refractivity contribution >= 4 is 11.6 Å². The SMILES string of the molecule is CCOc1cccc(NC(=O)C2CC23CCNCC3)c1. The van der Waals surface area contributed by atoms with E-state index in [1.165, 1.54) is 0 Å². The lowest BCUT2D eigenvalue weighted by Crippen LogP contribution is -2.31. The van der Waals surface area contributed by atoms with Gasteiger partial charge in [-0.2, -0.15) is 0 Å². The van der Waals surface area contributed by atoms with E-state index in [1.54, 1.807) is 0 Å². The third kappa shape index (κ3) is 2.66. The van der Waals surface area contributed by atoms with Crippen LogP contribution in [0.2, 0.25) is 0 Å². The van der Waals surface area contributed by atoms with Crippen molar-refractivity contribution in [2.75, 3.05) is 25.0 Å². The van der Waals surface area contributed by atoms with Crippen LogP contribution in [0.15, 0.2) is 24.3 Å². The third-order valence-electron chi connectivity index (χ3n) is 4.52. The summed E-state index contributed by atoms with van der Waals surface area (Å²) in [6.45, 7) is 4.68. The molecule has 0 aromatic heterocycles. The van der Waals surface area contributed by atoms with Crippen LogP contribution in [0.25, 0.3) is 0 Å². The van der Waals surface area contributed by atoms with Gasteiger partial charge in [0.1, 0.15) is 5.75 Å².